The Morgan fingerprint density at radius 1 is 1.21 bits per heavy atom. The molecule has 0 bridgehead atoms. The fraction of sp³-hybridized carbons (Fsp3) is 0.294. The van der Waals surface area contributed by atoms with Gasteiger partial charge in [-0.05, 0) is 23.6 Å². The second kappa shape index (κ2) is 7.46. The van der Waals surface area contributed by atoms with Gasteiger partial charge in [0.15, 0.2) is 0 Å². The van der Waals surface area contributed by atoms with Crippen molar-refractivity contribution in [3.05, 3.63) is 52.7 Å². The van der Waals surface area contributed by atoms with E-state index >= 15 is 0 Å². The molecule has 1 saturated heterocycles. The molecule has 1 aliphatic rings. The molecule has 0 saturated carbocycles. The van der Waals surface area contributed by atoms with E-state index in [9.17, 15) is 14.7 Å². The summed E-state index contributed by atoms with van der Waals surface area (Å²) >= 11 is 1.56. The SMILES string of the molecule is O=C(NCc1cccs1)[C@H]1C[C@H](O)CN1C(=O)Nc1ccccc1. The van der Waals surface area contributed by atoms with Crippen LogP contribution in [-0.2, 0) is 11.3 Å². The summed E-state index contributed by atoms with van der Waals surface area (Å²) in [5, 5.41) is 17.4. The van der Waals surface area contributed by atoms with E-state index in [-0.39, 0.29) is 24.9 Å². The maximum Gasteiger partial charge on any atom is 0.322 e. The van der Waals surface area contributed by atoms with E-state index in [1.54, 1.807) is 23.5 Å². The number of hydrogen-bond donors (Lipinski definition) is 3. The molecule has 2 aromatic rings. The molecule has 0 radical (unpaired) electrons. The molecule has 1 aromatic carbocycles. The number of amides is 3. The van der Waals surface area contributed by atoms with Gasteiger partial charge in [-0.1, -0.05) is 24.3 Å². The van der Waals surface area contributed by atoms with Gasteiger partial charge in [0.1, 0.15) is 6.04 Å². The zero-order chi connectivity index (χ0) is 16.9. The van der Waals surface area contributed by atoms with E-state index in [2.05, 4.69) is 10.6 Å². The number of para-hydroxylation sites is 1. The lowest BCUT2D eigenvalue weighted by Gasteiger charge is -2.24. The summed E-state index contributed by atoms with van der Waals surface area (Å²) in [5.74, 6) is -0.247. The smallest absolute Gasteiger partial charge is 0.322 e. The van der Waals surface area contributed by atoms with Crippen LogP contribution >= 0.6 is 11.3 Å². The molecule has 0 spiro atoms. The third-order valence-electron chi connectivity index (χ3n) is 3.88. The zero-order valence-electron chi connectivity index (χ0n) is 13.0. The van der Waals surface area contributed by atoms with E-state index in [0.29, 0.717) is 12.2 Å². The highest BCUT2D eigenvalue weighted by atomic mass is 32.1. The molecule has 3 amide bonds. The fourth-order valence-corrected chi connectivity index (χ4v) is 3.35. The first-order valence-electron chi connectivity index (χ1n) is 7.74. The van der Waals surface area contributed by atoms with Gasteiger partial charge in [0.25, 0.3) is 0 Å². The minimum absolute atomic E-state index is 0.149. The summed E-state index contributed by atoms with van der Waals surface area (Å²) in [4.78, 5) is 27.3. The third-order valence-corrected chi connectivity index (χ3v) is 4.76. The molecule has 6 nitrogen and oxygen atoms in total. The number of thiophene rings is 1. The Balaban J connectivity index is 1.62. The summed E-state index contributed by atoms with van der Waals surface area (Å²) in [7, 11) is 0. The lowest BCUT2D eigenvalue weighted by Crippen LogP contribution is -2.47. The second-order valence-electron chi connectivity index (χ2n) is 5.65. The minimum atomic E-state index is -0.691. The highest BCUT2D eigenvalue weighted by molar-refractivity contribution is 7.09. The summed E-state index contributed by atoms with van der Waals surface area (Å²) in [6, 6.07) is 11.9. The number of benzene rings is 1. The summed E-state index contributed by atoms with van der Waals surface area (Å²) in [5.41, 5.74) is 0.654. The molecule has 3 N–H and O–H groups in total. The monoisotopic (exact) mass is 345 g/mol. The van der Waals surface area contributed by atoms with Crippen molar-refractivity contribution in [1.82, 2.24) is 10.2 Å². The van der Waals surface area contributed by atoms with Gasteiger partial charge in [-0.25, -0.2) is 4.79 Å². The molecule has 1 fully saturated rings. The largest absolute Gasteiger partial charge is 0.391 e. The van der Waals surface area contributed by atoms with Crippen molar-refractivity contribution in [1.29, 1.82) is 0 Å². The summed E-state index contributed by atoms with van der Waals surface area (Å²) in [6.45, 7) is 0.576. The normalized spacial score (nSPS) is 20.0. The number of nitrogens with one attached hydrogen (secondary N) is 2. The van der Waals surface area contributed by atoms with Crippen LogP contribution in [0.5, 0.6) is 0 Å². The second-order valence-corrected chi connectivity index (χ2v) is 6.68. The molecule has 1 aliphatic heterocycles. The lowest BCUT2D eigenvalue weighted by molar-refractivity contribution is -0.124. The van der Waals surface area contributed by atoms with Crippen molar-refractivity contribution in [3.8, 4) is 0 Å². The molecule has 2 heterocycles. The molecule has 2 atom stereocenters. The van der Waals surface area contributed by atoms with Crippen LogP contribution in [0.15, 0.2) is 47.8 Å². The first-order chi connectivity index (χ1) is 11.6. The van der Waals surface area contributed by atoms with E-state index in [0.717, 1.165) is 4.88 Å². The molecule has 7 heteroatoms. The maximum atomic E-state index is 12.4. The Morgan fingerprint density at radius 3 is 2.71 bits per heavy atom. The number of rotatable bonds is 4. The number of aliphatic hydroxyl groups excluding tert-OH is 1. The highest BCUT2D eigenvalue weighted by Gasteiger charge is 2.38. The first kappa shape index (κ1) is 16.5. The first-order valence-corrected chi connectivity index (χ1v) is 8.62. The number of carbonyl (C=O) groups is 2. The van der Waals surface area contributed by atoms with Crippen LogP contribution in [0, 0.1) is 0 Å². The van der Waals surface area contributed by atoms with Gasteiger partial charge in [-0.15, -0.1) is 11.3 Å². The third kappa shape index (κ3) is 3.93. The lowest BCUT2D eigenvalue weighted by atomic mass is 10.2. The summed E-state index contributed by atoms with van der Waals surface area (Å²) < 4.78 is 0. The number of β-amino-alcohol motifs (C(OH)–C–C–N with tert-alkyl or cyclic N) is 1. The van der Waals surface area contributed by atoms with Crippen molar-refractivity contribution in [2.75, 3.05) is 11.9 Å². The van der Waals surface area contributed by atoms with Crippen LogP contribution < -0.4 is 10.6 Å². The molecule has 24 heavy (non-hydrogen) atoms. The molecule has 126 valence electrons. The molecule has 1 aromatic heterocycles. The van der Waals surface area contributed by atoms with Crippen molar-refractivity contribution in [2.24, 2.45) is 0 Å². The van der Waals surface area contributed by atoms with E-state index in [1.807, 2.05) is 35.7 Å². The van der Waals surface area contributed by atoms with E-state index in [1.165, 1.54) is 4.90 Å². The van der Waals surface area contributed by atoms with Crippen LogP contribution in [0.1, 0.15) is 11.3 Å². The van der Waals surface area contributed by atoms with Gasteiger partial charge in [0, 0.05) is 23.5 Å². The molecular weight excluding hydrogens is 326 g/mol. The Kier molecular flexibility index (Phi) is 5.12. The number of hydrogen-bond acceptors (Lipinski definition) is 4. The number of carbonyl (C=O) groups excluding carboxylic acids is 2. The zero-order valence-corrected chi connectivity index (χ0v) is 13.8. The van der Waals surface area contributed by atoms with Gasteiger partial charge in [-0.3, -0.25) is 4.79 Å². The Bertz CT molecular complexity index is 690. The van der Waals surface area contributed by atoms with Gasteiger partial charge in [0.05, 0.1) is 12.6 Å². The Morgan fingerprint density at radius 2 is 2.00 bits per heavy atom. The standard InChI is InChI=1S/C17H19N3O3S/c21-13-9-15(16(22)18-10-14-7-4-8-24-14)20(11-13)17(23)19-12-5-2-1-3-6-12/h1-8,13,15,21H,9-11H2,(H,18,22)(H,19,23)/t13-,15+/m0/s1. The predicted octanol–water partition coefficient (Wildman–Crippen LogP) is 2.03. The van der Waals surface area contributed by atoms with Gasteiger partial charge >= 0.3 is 6.03 Å². The molecular formula is C17H19N3O3S. The number of anilines is 1. The summed E-state index contributed by atoms with van der Waals surface area (Å²) in [6.07, 6.45) is -0.442. The van der Waals surface area contributed by atoms with Crippen molar-refractivity contribution < 1.29 is 14.7 Å². The quantitative estimate of drug-likeness (QED) is 0.793. The van der Waals surface area contributed by atoms with Crippen molar-refractivity contribution in [3.63, 3.8) is 0 Å². The van der Waals surface area contributed by atoms with E-state index < -0.39 is 12.1 Å². The van der Waals surface area contributed by atoms with Crippen LogP contribution in [0.25, 0.3) is 0 Å². The van der Waals surface area contributed by atoms with Gasteiger partial charge in [-0.2, -0.15) is 0 Å². The number of likely N-dealkylation sites (tertiary alicyclic amines) is 1. The topological polar surface area (TPSA) is 81.7 Å². The minimum Gasteiger partial charge on any atom is -0.391 e. The van der Waals surface area contributed by atoms with Crippen LogP contribution in [0.2, 0.25) is 0 Å². The number of aliphatic hydroxyl groups is 1. The van der Waals surface area contributed by atoms with Crippen molar-refractivity contribution in [2.45, 2.75) is 25.1 Å². The van der Waals surface area contributed by atoms with Crippen molar-refractivity contribution >= 4 is 29.0 Å². The Hall–Kier alpha value is -2.38. The average Bonchev–Trinajstić information content (AvgIpc) is 3.23. The fourth-order valence-electron chi connectivity index (χ4n) is 2.71. The number of nitrogens with zero attached hydrogens (tertiary/aromatic N) is 1. The van der Waals surface area contributed by atoms with Crippen LogP contribution in [0.3, 0.4) is 0 Å². The van der Waals surface area contributed by atoms with Gasteiger partial charge in [0.2, 0.25) is 5.91 Å². The van der Waals surface area contributed by atoms with E-state index in [4.69, 9.17) is 0 Å². The molecule has 0 aliphatic carbocycles. The number of urea groups is 1. The van der Waals surface area contributed by atoms with Crippen LogP contribution in [0.4, 0.5) is 10.5 Å². The predicted molar refractivity (Wildman–Crippen MR) is 92.7 cm³/mol. The highest BCUT2D eigenvalue weighted by Crippen LogP contribution is 2.20. The maximum absolute atomic E-state index is 12.4. The van der Waals surface area contributed by atoms with Crippen LogP contribution in [-0.4, -0.2) is 40.6 Å². The molecule has 3 rings (SSSR count). The Labute approximate surface area is 144 Å². The average molecular weight is 345 g/mol. The molecule has 0 unspecified atom stereocenters. The van der Waals surface area contributed by atoms with Gasteiger partial charge < -0.3 is 20.6 Å².